The van der Waals surface area contributed by atoms with Crippen molar-refractivity contribution in [2.75, 3.05) is 19.6 Å². The highest BCUT2D eigenvalue weighted by Gasteiger charge is 2.37. The summed E-state index contributed by atoms with van der Waals surface area (Å²) < 4.78 is 1.71. The van der Waals surface area contributed by atoms with Gasteiger partial charge in [-0.25, -0.2) is 4.68 Å². The van der Waals surface area contributed by atoms with E-state index in [0.717, 1.165) is 50.3 Å². The minimum absolute atomic E-state index is 0.176. The number of carbonyl (C=O) groups excluding carboxylic acids is 1. The Morgan fingerprint density at radius 2 is 2.00 bits per heavy atom. The lowest BCUT2D eigenvalue weighted by atomic mass is 10.1. The molecule has 24 heavy (non-hydrogen) atoms. The number of rotatable bonds is 3. The summed E-state index contributed by atoms with van der Waals surface area (Å²) >= 11 is 0. The van der Waals surface area contributed by atoms with Crippen LogP contribution in [0.1, 0.15) is 31.0 Å². The molecule has 7 nitrogen and oxygen atoms in total. The Bertz CT molecular complexity index is 736. The molecule has 0 spiro atoms. The van der Waals surface area contributed by atoms with Crippen LogP contribution in [0.15, 0.2) is 24.4 Å². The van der Waals surface area contributed by atoms with Gasteiger partial charge in [-0.1, -0.05) is 11.3 Å². The van der Waals surface area contributed by atoms with Crippen molar-refractivity contribution in [1.82, 2.24) is 30.2 Å². The van der Waals surface area contributed by atoms with Crippen molar-refractivity contribution in [2.45, 2.75) is 38.3 Å². The van der Waals surface area contributed by atoms with Gasteiger partial charge in [-0.05, 0) is 51.4 Å². The Kier molecular flexibility index (Phi) is 4.02. The summed E-state index contributed by atoms with van der Waals surface area (Å²) in [5.74, 6) is 0.176. The summed E-state index contributed by atoms with van der Waals surface area (Å²) in [5, 5.41) is 11.8. The number of nitrogens with one attached hydrogen (secondary N) is 1. The number of hydrogen-bond donors (Lipinski definition) is 1. The van der Waals surface area contributed by atoms with E-state index >= 15 is 0 Å². The molecule has 0 saturated carbocycles. The maximum atomic E-state index is 12.8. The average Bonchev–Trinajstić information content (AvgIpc) is 3.22. The van der Waals surface area contributed by atoms with Crippen LogP contribution in [0, 0.1) is 6.92 Å². The lowest BCUT2D eigenvalue weighted by Crippen LogP contribution is -2.44. The lowest BCUT2D eigenvalue weighted by Gasteiger charge is -2.31. The van der Waals surface area contributed by atoms with E-state index in [4.69, 9.17) is 0 Å². The Hall–Kier alpha value is -2.28. The molecule has 7 heteroatoms. The number of pyridine rings is 1. The van der Waals surface area contributed by atoms with Gasteiger partial charge in [0.25, 0.3) is 0 Å². The van der Waals surface area contributed by atoms with Crippen LogP contribution in [-0.2, 0) is 4.79 Å². The highest BCUT2D eigenvalue weighted by molar-refractivity contribution is 5.82. The van der Waals surface area contributed by atoms with Gasteiger partial charge in [0.2, 0.25) is 5.91 Å². The topological polar surface area (TPSA) is 75.9 Å². The third kappa shape index (κ3) is 2.80. The first-order chi connectivity index (χ1) is 11.7. The summed E-state index contributed by atoms with van der Waals surface area (Å²) in [7, 11) is 0. The summed E-state index contributed by atoms with van der Waals surface area (Å²) in [6.07, 6.45) is 4.71. The molecule has 0 aromatic carbocycles. The van der Waals surface area contributed by atoms with E-state index in [2.05, 4.69) is 20.6 Å². The largest absolute Gasteiger partial charge is 0.338 e. The maximum Gasteiger partial charge on any atom is 0.247 e. The highest BCUT2D eigenvalue weighted by Crippen LogP contribution is 2.28. The molecule has 1 atom stereocenters. The van der Waals surface area contributed by atoms with Crippen LogP contribution in [-0.4, -0.2) is 56.5 Å². The molecule has 0 radical (unpaired) electrons. The second-order valence-electron chi connectivity index (χ2n) is 6.57. The molecule has 2 fully saturated rings. The number of carbonyl (C=O) groups is 1. The maximum absolute atomic E-state index is 12.8. The number of nitrogens with zero attached hydrogens (tertiary/aromatic N) is 5. The van der Waals surface area contributed by atoms with Crippen molar-refractivity contribution in [3.63, 3.8) is 0 Å². The summed E-state index contributed by atoms with van der Waals surface area (Å²) in [6.45, 7) is 4.74. The standard InChI is InChI=1S/C17H22N6O/c1-12-3-2-4-14(19-12)15-11-23(21-20-15)16-7-10-22(17(16)24)13-5-8-18-9-6-13/h2-4,11,13,16,18H,5-10H2,1H3. The molecule has 2 aromatic rings. The summed E-state index contributed by atoms with van der Waals surface area (Å²) in [6, 6.07) is 5.96. The van der Waals surface area contributed by atoms with Gasteiger partial charge in [0.1, 0.15) is 11.7 Å². The molecular weight excluding hydrogens is 304 g/mol. The molecule has 0 aliphatic carbocycles. The fraction of sp³-hybridized carbons (Fsp3) is 0.529. The van der Waals surface area contributed by atoms with E-state index < -0.39 is 0 Å². The van der Waals surface area contributed by atoms with Crippen molar-refractivity contribution >= 4 is 5.91 Å². The van der Waals surface area contributed by atoms with Crippen LogP contribution in [0.2, 0.25) is 0 Å². The molecule has 2 aromatic heterocycles. The van der Waals surface area contributed by atoms with Crippen molar-refractivity contribution in [1.29, 1.82) is 0 Å². The molecule has 4 heterocycles. The van der Waals surface area contributed by atoms with Crippen LogP contribution in [0.4, 0.5) is 0 Å². The normalized spacial score (nSPS) is 22.3. The SMILES string of the molecule is Cc1cccc(-c2cn(C3CCN(C4CCNCC4)C3=O)nn2)n1. The number of aryl methyl sites for hydroxylation is 1. The van der Waals surface area contributed by atoms with Crippen LogP contribution in [0.25, 0.3) is 11.4 Å². The fourth-order valence-corrected chi connectivity index (χ4v) is 3.64. The number of piperidine rings is 1. The number of hydrogen-bond acceptors (Lipinski definition) is 5. The first-order valence-corrected chi connectivity index (χ1v) is 8.59. The third-order valence-electron chi connectivity index (χ3n) is 4.94. The summed E-state index contributed by atoms with van der Waals surface area (Å²) in [5.41, 5.74) is 2.45. The number of amides is 1. The first kappa shape index (κ1) is 15.3. The smallest absolute Gasteiger partial charge is 0.247 e. The van der Waals surface area contributed by atoms with E-state index in [1.54, 1.807) is 4.68 Å². The van der Waals surface area contributed by atoms with Crippen molar-refractivity contribution in [3.05, 3.63) is 30.1 Å². The van der Waals surface area contributed by atoms with Gasteiger partial charge >= 0.3 is 0 Å². The van der Waals surface area contributed by atoms with E-state index in [-0.39, 0.29) is 11.9 Å². The van der Waals surface area contributed by atoms with Gasteiger partial charge in [0, 0.05) is 18.3 Å². The van der Waals surface area contributed by atoms with Crippen LogP contribution in [0.5, 0.6) is 0 Å². The predicted molar refractivity (Wildman–Crippen MR) is 89.2 cm³/mol. The Morgan fingerprint density at radius 1 is 1.17 bits per heavy atom. The molecule has 4 rings (SSSR count). The molecule has 1 unspecified atom stereocenters. The second kappa shape index (κ2) is 6.32. The highest BCUT2D eigenvalue weighted by atomic mass is 16.2. The Labute approximate surface area is 141 Å². The quantitative estimate of drug-likeness (QED) is 0.916. The van der Waals surface area contributed by atoms with Gasteiger partial charge in [-0.2, -0.15) is 0 Å². The number of aromatic nitrogens is 4. The fourth-order valence-electron chi connectivity index (χ4n) is 3.64. The Balaban J connectivity index is 1.51. The van der Waals surface area contributed by atoms with E-state index in [1.807, 2.05) is 36.2 Å². The van der Waals surface area contributed by atoms with E-state index in [1.165, 1.54) is 0 Å². The van der Waals surface area contributed by atoms with Crippen LogP contribution in [0.3, 0.4) is 0 Å². The molecule has 126 valence electrons. The van der Waals surface area contributed by atoms with Crippen molar-refractivity contribution < 1.29 is 4.79 Å². The minimum atomic E-state index is -0.231. The summed E-state index contributed by atoms with van der Waals surface area (Å²) in [4.78, 5) is 19.3. The minimum Gasteiger partial charge on any atom is -0.338 e. The molecule has 1 amide bonds. The average molecular weight is 326 g/mol. The van der Waals surface area contributed by atoms with Crippen molar-refractivity contribution in [2.24, 2.45) is 0 Å². The van der Waals surface area contributed by atoms with Crippen LogP contribution >= 0.6 is 0 Å². The molecule has 2 aliphatic heterocycles. The zero-order valence-electron chi connectivity index (χ0n) is 13.9. The molecule has 2 saturated heterocycles. The molecule has 2 aliphatic rings. The molecule has 0 bridgehead atoms. The zero-order chi connectivity index (χ0) is 16.5. The van der Waals surface area contributed by atoms with Crippen LogP contribution < -0.4 is 5.32 Å². The van der Waals surface area contributed by atoms with Crippen molar-refractivity contribution in [3.8, 4) is 11.4 Å². The predicted octanol–water partition coefficient (Wildman–Crippen LogP) is 1.17. The zero-order valence-corrected chi connectivity index (χ0v) is 13.9. The molecular formula is C17H22N6O. The van der Waals surface area contributed by atoms with E-state index in [9.17, 15) is 4.79 Å². The Morgan fingerprint density at radius 3 is 2.79 bits per heavy atom. The lowest BCUT2D eigenvalue weighted by molar-refractivity contribution is -0.133. The van der Waals surface area contributed by atoms with Gasteiger partial charge in [0.15, 0.2) is 0 Å². The van der Waals surface area contributed by atoms with Gasteiger partial charge in [-0.3, -0.25) is 9.78 Å². The van der Waals surface area contributed by atoms with Gasteiger partial charge in [0.05, 0.1) is 11.9 Å². The monoisotopic (exact) mass is 326 g/mol. The molecule has 1 N–H and O–H groups in total. The second-order valence-corrected chi connectivity index (χ2v) is 6.57. The van der Waals surface area contributed by atoms with E-state index in [0.29, 0.717) is 11.7 Å². The number of likely N-dealkylation sites (tertiary alicyclic amines) is 1. The van der Waals surface area contributed by atoms with Gasteiger partial charge in [-0.15, -0.1) is 5.10 Å². The third-order valence-corrected chi connectivity index (χ3v) is 4.94. The van der Waals surface area contributed by atoms with Gasteiger partial charge < -0.3 is 10.2 Å². The first-order valence-electron chi connectivity index (χ1n) is 8.59.